The summed E-state index contributed by atoms with van der Waals surface area (Å²) < 4.78 is 11.8. The predicted octanol–water partition coefficient (Wildman–Crippen LogP) is 3.01. The zero-order valence-electron chi connectivity index (χ0n) is 17.0. The lowest BCUT2D eigenvalue weighted by atomic mass is 10.3. The molecule has 2 amide bonds. The molecule has 0 unspecified atom stereocenters. The number of rotatable bonds is 4. The van der Waals surface area contributed by atoms with Crippen LogP contribution in [0.4, 0.5) is 27.1 Å². The molecule has 0 bridgehead atoms. The second-order valence-electron chi connectivity index (χ2n) is 7.36. The molecule has 0 aliphatic carbocycles. The Hall–Kier alpha value is -2.95. The molecule has 2 fully saturated rings. The number of hydrogen-bond donors (Lipinski definition) is 2. The summed E-state index contributed by atoms with van der Waals surface area (Å²) in [5.41, 5.74) is 2.29. The number of hydrogen-bond acceptors (Lipinski definition) is 8. The van der Waals surface area contributed by atoms with E-state index in [0.29, 0.717) is 18.9 Å². The van der Waals surface area contributed by atoms with Gasteiger partial charge in [-0.1, -0.05) is 11.3 Å². The standard InChI is InChI=1S/C21H24N6O3S/c28-20(24-16-2-4-19(22-14-16)26-5-9-29-10-6-26)23-15-1-3-17-18(13-15)31-21(25-17)27-7-11-30-12-8-27/h1-4,13-14H,5-12H2,(H2,23,24,28). The molecule has 3 aromatic rings. The predicted molar refractivity (Wildman–Crippen MR) is 123 cm³/mol. The Kier molecular flexibility index (Phi) is 5.83. The fourth-order valence-corrected chi connectivity index (χ4v) is 4.67. The highest BCUT2D eigenvalue weighted by Gasteiger charge is 2.16. The molecule has 2 N–H and O–H groups in total. The number of thiazole rings is 1. The molecule has 0 saturated carbocycles. The summed E-state index contributed by atoms with van der Waals surface area (Å²) in [6.45, 7) is 6.24. The van der Waals surface area contributed by atoms with Crippen molar-refractivity contribution in [1.29, 1.82) is 0 Å². The lowest BCUT2D eigenvalue weighted by molar-refractivity contribution is 0.122. The van der Waals surface area contributed by atoms with Crippen LogP contribution >= 0.6 is 11.3 Å². The van der Waals surface area contributed by atoms with Gasteiger partial charge in [0.15, 0.2) is 5.13 Å². The summed E-state index contributed by atoms with van der Waals surface area (Å²) in [7, 11) is 0. The van der Waals surface area contributed by atoms with Crippen molar-refractivity contribution in [2.75, 3.05) is 73.0 Å². The van der Waals surface area contributed by atoms with E-state index in [2.05, 4.69) is 25.4 Å². The molecule has 10 heteroatoms. The van der Waals surface area contributed by atoms with Crippen LogP contribution in [0.5, 0.6) is 0 Å². The minimum Gasteiger partial charge on any atom is -0.378 e. The first-order valence-corrected chi connectivity index (χ1v) is 11.2. The number of benzene rings is 1. The van der Waals surface area contributed by atoms with Crippen molar-refractivity contribution >= 4 is 49.9 Å². The number of urea groups is 1. The minimum absolute atomic E-state index is 0.307. The maximum absolute atomic E-state index is 12.4. The Morgan fingerprint density at radius 2 is 1.58 bits per heavy atom. The highest BCUT2D eigenvalue weighted by molar-refractivity contribution is 7.22. The third-order valence-corrected chi connectivity index (χ3v) is 6.34. The fourth-order valence-electron chi connectivity index (χ4n) is 3.61. The molecule has 31 heavy (non-hydrogen) atoms. The van der Waals surface area contributed by atoms with E-state index >= 15 is 0 Å². The van der Waals surface area contributed by atoms with E-state index in [-0.39, 0.29) is 6.03 Å². The van der Waals surface area contributed by atoms with Gasteiger partial charge in [0, 0.05) is 31.9 Å². The molecule has 0 spiro atoms. The van der Waals surface area contributed by atoms with Crippen LogP contribution < -0.4 is 20.4 Å². The summed E-state index contributed by atoms with van der Waals surface area (Å²) >= 11 is 1.63. The molecule has 162 valence electrons. The summed E-state index contributed by atoms with van der Waals surface area (Å²) in [6, 6.07) is 9.22. The van der Waals surface area contributed by atoms with Crippen LogP contribution in [0.3, 0.4) is 0 Å². The summed E-state index contributed by atoms with van der Waals surface area (Å²) in [6.07, 6.45) is 1.67. The largest absolute Gasteiger partial charge is 0.378 e. The van der Waals surface area contributed by atoms with E-state index in [9.17, 15) is 4.79 Å². The number of pyridine rings is 1. The number of aromatic nitrogens is 2. The summed E-state index contributed by atoms with van der Waals surface area (Å²) in [5, 5.41) is 6.72. The minimum atomic E-state index is -0.307. The molecule has 1 aromatic carbocycles. The van der Waals surface area contributed by atoms with Crippen molar-refractivity contribution in [1.82, 2.24) is 9.97 Å². The number of carbonyl (C=O) groups is 1. The van der Waals surface area contributed by atoms with Gasteiger partial charge in [-0.2, -0.15) is 0 Å². The zero-order chi connectivity index (χ0) is 21.0. The van der Waals surface area contributed by atoms with E-state index in [0.717, 1.165) is 66.2 Å². The van der Waals surface area contributed by atoms with E-state index in [1.165, 1.54) is 0 Å². The van der Waals surface area contributed by atoms with E-state index in [4.69, 9.17) is 14.5 Å². The molecule has 0 radical (unpaired) electrons. The highest BCUT2D eigenvalue weighted by Crippen LogP contribution is 2.31. The average Bonchev–Trinajstić information content (AvgIpc) is 3.24. The number of nitrogens with zero attached hydrogens (tertiary/aromatic N) is 4. The first-order chi connectivity index (χ1) is 15.2. The monoisotopic (exact) mass is 440 g/mol. The van der Waals surface area contributed by atoms with Gasteiger partial charge in [-0.05, 0) is 30.3 Å². The van der Waals surface area contributed by atoms with Gasteiger partial charge in [0.25, 0.3) is 0 Å². The fraction of sp³-hybridized carbons (Fsp3) is 0.381. The smallest absolute Gasteiger partial charge is 0.323 e. The van der Waals surface area contributed by atoms with E-state index < -0.39 is 0 Å². The highest BCUT2D eigenvalue weighted by atomic mass is 32.1. The summed E-state index contributed by atoms with van der Waals surface area (Å²) in [4.78, 5) is 26.0. The third kappa shape index (κ3) is 4.71. The van der Waals surface area contributed by atoms with Crippen LogP contribution in [0.2, 0.25) is 0 Å². The van der Waals surface area contributed by atoms with Gasteiger partial charge in [-0.25, -0.2) is 14.8 Å². The Bertz CT molecular complexity index is 1040. The van der Waals surface area contributed by atoms with Crippen LogP contribution in [0.1, 0.15) is 0 Å². The Morgan fingerprint density at radius 1 is 0.903 bits per heavy atom. The van der Waals surface area contributed by atoms with E-state index in [1.807, 2.05) is 30.3 Å². The average molecular weight is 441 g/mol. The van der Waals surface area contributed by atoms with Gasteiger partial charge in [-0.15, -0.1) is 0 Å². The van der Waals surface area contributed by atoms with Gasteiger partial charge in [-0.3, -0.25) is 0 Å². The van der Waals surface area contributed by atoms with Gasteiger partial charge in [0.2, 0.25) is 0 Å². The Morgan fingerprint density at radius 3 is 2.29 bits per heavy atom. The second kappa shape index (κ2) is 9.04. The molecular formula is C21H24N6O3S. The zero-order valence-corrected chi connectivity index (χ0v) is 17.9. The van der Waals surface area contributed by atoms with Crippen molar-refractivity contribution in [2.24, 2.45) is 0 Å². The van der Waals surface area contributed by atoms with Crippen molar-refractivity contribution in [3.63, 3.8) is 0 Å². The van der Waals surface area contributed by atoms with Gasteiger partial charge in [0.1, 0.15) is 5.82 Å². The first-order valence-electron chi connectivity index (χ1n) is 10.3. The van der Waals surface area contributed by atoms with Crippen LogP contribution in [0.15, 0.2) is 36.5 Å². The number of ether oxygens (including phenoxy) is 2. The quantitative estimate of drug-likeness (QED) is 0.644. The number of amides is 2. The van der Waals surface area contributed by atoms with E-state index in [1.54, 1.807) is 17.5 Å². The van der Waals surface area contributed by atoms with Gasteiger partial charge < -0.3 is 29.9 Å². The Labute approximate surface area is 184 Å². The lowest BCUT2D eigenvalue weighted by Gasteiger charge is -2.27. The van der Waals surface area contributed by atoms with Gasteiger partial charge in [0.05, 0.1) is 48.5 Å². The molecule has 4 heterocycles. The normalized spacial score (nSPS) is 17.0. The SMILES string of the molecule is O=C(Nc1ccc(N2CCOCC2)nc1)Nc1ccc2nc(N3CCOCC3)sc2c1. The number of morpholine rings is 2. The first kappa shape index (κ1) is 20.0. The van der Waals surface area contributed by atoms with Gasteiger partial charge >= 0.3 is 6.03 Å². The Balaban J connectivity index is 1.21. The molecule has 5 rings (SSSR count). The molecule has 2 aliphatic rings. The molecule has 9 nitrogen and oxygen atoms in total. The molecule has 2 saturated heterocycles. The number of nitrogens with one attached hydrogen (secondary N) is 2. The molecule has 2 aromatic heterocycles. The topological polar surface area (TPSA) is 91.9 Å². The van der Waals surface area contributed by atoms with Crippen molar-refractivity contribution in [2.45, 2.75) is 0 Å². The van der Waals surface area contributed by atoms with Crippen molar-refractivity contribution in [3.05, 3.63) is 36.5 Å². The van der Waals surface area contributed by atoms with Crippen LogP contribution in [0, 0.1) is 0 Å². The van der Waals surface area contributed by atoms with Crippen molar-refractivity contribution < 1.29 is 14.3 Å². The number of fused-ring (bicyclic) bond motifs is 1. The third-order valence-electron chi connectivity index (χ3n) is 5.26. The maximum Gasteiger partial charge on any atom is 0.323 e. The summed E-state index contributed by atoms with van der Waals surface area (Å²) in [5.74, 6) is 0.890. The number of anilines is 4. The number of carbonyl (C=O) groups excluding carboxylic acids is 1. The lowest BCUT2D eigenvalue weighted by Crippen LogP contribution is -2.36. The molecule has 2 aliphatic heterocycles. The maximum atomic E-state index is 12.4. The van der Waals surface area contributed by atoms with Crippen LogP contribution in [-0.2, 0) is 9.47 Å². The molecular weight excluding hydrogens is 416 g/mol. The van der Waals surface area contributed by atoms with Crippen molar-refractivity contribution in [3.8, 4) is 0 Å². The molecule has 0 atom stereocenters. The van der Waals surface area contributed by atoms with Crippen LogP contribution in [-0.4, -0.2) is 68.6 Å². The van der Waals surface area contributed by atoms with Crippen LogP contribution in [0.25, 0.3) is 10.2 Å². The second-order valence-corrected chi connectivity index (χ2v) is 8.37.